The molecule has 0 spiro atoms. The molecule has 0 N–H and O–H groups in total. The maximum absolute atomic E-state index is 13.6. The molecule has 0 bridgehead atoms. The van der Waals surface area contributed by atoms with Crippen molar-refractivity contribution >= 4 is 11.7 Å². The lowest BCUT2D eigenvalue weighted by atomic mass is 9.77. The van der Waals surface area contributed by atoms with E-state index in [2.05, 4.69) is 12.1 Å². The van der Waals surface area contributed by atoms with Crippen LogP contribution in [0.5, 0.6) is 5.75 Å². The van der Waals surface area contributed by atoms with E-state index >= 15 is 0 Å². The molecule has 6 heteroatoms. The highest BCUT2D eigenvalue weighted by molar-refractivity contribution is 6.06. The molecule has 0 saturated carbocycles. The number of methoxy groups -OCH3 is 1. The normalized spacial score (nSPS) is 20.3. The first-order chi connectivity index (χ1) is 14.5. The lowest BCUT2D eigenvalue weighted by Crippen LogP contribution is -2.28. The van der Waals surface area contributed by atoms with E-state index in [9.17, 15) is 9.18 Å². The Morgan fingerprint density at radius 1 is 1.27 bits per heavy atom. The molecule has 2 atom stereocenters. The van der Waals surface area contributed by atoms with E-state index in [0.717, 1.165) is 35.4 Å². The largest absolute Gasteiger partial charge is 0.497 e. The van der Waals surface area contributed by atoms with Gasteiger partial charge in [0.2, 0.25) is 0 Å². The van der Waals surface area contributed by atoms with Gasteiger partial charge in [0.25, 0.3) is 0 Å². The van der Waals surface area contributed by atoms with Crippen molar-refractivity contribution in [1.29, 1.82) is 0 Å². The van der Waals surface area contributed by atoms with Crippen LogP contribution < -0.4 is 4.74 Å². The molecule has 0 unspecified atom stereocenters. The number of ether oxygens (including phenoxy) is 2. The highest BCUT2D eigenvalue weighted by Crippen LogP contribution is 2.45. The van der Waals surface area contributed by atoms with E-state index in [1.165, 1.54) is 23.8 Å². The summed E-state index contributed by atoms with van der Waals surface area (Å²) >= 11 is 0. The zero-order valence-electron chi connectivity index (χ0n) is 17.4. The van der Waals surface area contributed by atoms with E-state index in [4.69, 9.17) is 14.6 Å². The first-order valence-electron chi connectivity index (χ1n) is 10.2. The number of carbonyl (C=O) groups is 1. The second-order valence-corrected chi connectivity index (χ2v) is 7.53. The molecule has 0 aromatic heterocycles. The molecule has 0 radical (unpaired) electrons. The summed E-state index contributed by atoms with van der Waals surface area (Å²) in [7, 11) is 1.66. The van der Waals surface area contributed by atoms with Gasteiger partial charge in [-0.3, -0.25) is 5.01 Å². The Bertz CT molecular complexity index is 1010. The number of carbonyl (C=O) groups excluding carboxylic acids is 1. The highest BCUT2D eigenvalue weighted by atomic mass is 19.1. The highest BCUT2D eigenvalue weighted by Gasteiger charge is 2.42. The lowest BCUT2D eigenvalue weighted by Gasteiger charge is -2.31. The summed E-state index contributed by atoms with van der Waals surface area (Å²) in [5.74, 6) is 0.301. The minimum atomic E-state index is -0.395. The van der Waals surface area contributed by atoms with Gasteiger partial charge in [0.15, 0.2) is 0 Å². The van der Waals surface area contributed by atoms with Crippen LogP contribution in [0.4, 0.5) is 4.39 Å². The number of hydrogen-bond acceptors (Lipinski definition) is 5. The van der Waals surface area contributed by atoms with Gasteiger partial charge in [0.1, 0.15) is 11.6 Å². The first kappa shape index (κ1) is 20.1. The number of hydrazone groups is 1. The van der Waals surface area contributed by atoms with Gasteiger partial charge in [-0.15, -0.1) is 0 Å². The van der Waals surface area contributed by atoms with Crippen LogP contribution in [-0.4, -0.2) is 30.4 Å². The third kappa shape index (κ3) is 3.70. The van der Waals surface area contributed by atoms with E-state index in [0.29, 0.717) is 12.3 Å². The Balaban J connectivity index is 1.77. The molecular weight excluding hydrogens is 383 g/mol. The number of fused-ring (bicyclic) bond motifs is 3. The number of rotatable bonds is 5. The fourth-order valence-electron chi connectivity index (χ4n) is 4.34. The molecule has 1 heterocycles. The predicted molar refractivity (Wildman–Crippen MR) is 113 cm³/mol. The fourth-order valence-corrected chi connectivity index (χ4v) is 4.34. The number of allylic oxidation sites excluding steroid dienone is 1. The molecule has 2 aliphatic rings. The Kier molecular flexibility index (Phi) is 5.57. The maximum Gasteiger partial charge on any atom is 0.332 e. The van der Waals surface area contributed by atoms with Crippen LogP contribution in [-0.2, 0) is 16.0 Å². The summed E-state index contributed by atoms with van der Waals surface area (Å²) in [4.78, 5) is 12.0. The summed E-state index contributed by atoms with van der Waals surface area (Å²) in [5.41, 5.74) is 4.96. The summed E-state index contributed by atoms with van der Waals surface area (Å²) in [6.45, 7) is 3.94. The van der Waals surface area contributed by atoms with Crippen LogP contribution in [0, 0.1) is 11.7 Å². The molecule has 0 fully saturated rings. The maximum atomic E-state index is 13.6. The Morgan fingerprint density at radius 2 is 2.03 bits per heavy atom. The number of benzene rings is 2. The third-order valence-corrected chi connectivity index (χ3v) is 5.71. The van der Waals surface area contributed by atoms with Crippen LogP contribution in [0.1, 0.15) is 43.0 Å². The van der Waals surface area contributed by atoms with Crippen molar-refractivity contribution in [3.63, 3.8) is 0 Å². The van der Waals surface area contributed by atoms with E-state index in [1.807, 2.05) is 18.0 Å². The van der Waals surface area contributed by atoms with Crippen molar-refractivity contribution in [2.45, 2.75) is 32.7 Å². The molecule has 0 amide bonds. The Morgan fingerprint density at radius 3 is 2.73 bits per heavy atom. The van der Waals surface area contributed by atoms with Crippen LogP contribution in [0.2, 0.25) is 0 Å². The second-order valence-electron chi connectivity index (χ2n) is 7.53. The minimum absolute atomic E-state index is 0.110. The van der Waals surface area contributed by atoms with Gasteiger partial charge < -0.3 is 9.47 Å². The minimum Gasteiger partial charge on any atom is -0.497 e. The molecule has 2 aromatic carbocycles. The molecular formula is C24H25FN2O3. The quantitative estimate of drug-likeness (QED) is 0.535. The van der Waals surface area contributed by atoms with E-state index in [1.54, 1.807) is 26.2 Å². The molecule has 156 valence electrons. The second kappa shape index (κ2) is 8.30. The predicted octanol–water partition coefficient (Wildman–Crippen LogP) is 4.62. The van der Waals surface area contributed by atoms with Crippen LogP contribution in [0.15, 0.2) is 59.3 Å². The van der Waals surface area contributed by atoms with Crippen LogP contribution in [0.25, 0.3) is 0 Å². The zero-order valence-corrected chi connectivity index (χ0v) is 17.4. The molecule has 5 nitrogen and oxygen atoms in total. The molecule has 0 saturated heterocycles. The topological polar surface area (TPSA) is 51.1 Å². The van der Waals surface area contributed by atoms with Crippen molar-refractivity contribution in [2.75, 3.05) is 13.7 Å². The summed E-state index contributed by atoms with van der Waals surface area (Å²) in [6.07, 6.45) is 3.28. The number of halogens is 1. The van der Waals surface area contributed by atoms with Gasteiger partial charge in [-0.05, 0) is 68.1 Å². The van der Waals surface area contributed by atoms with Gasteiger partial charge in [-0.25, -0.2) is 9.18 Å². The molecule has 1 aliphatic heterocycles. The van der Waals surface area contributed by atoms with Gasteiger partial charge in [0, 0.05) is 23.3 Å². The average Bonchev–Trinajstić information content (AvgIpc) is 3.14. The molecule has 1 aliphatic carbocycles. The standard InChI is InChI=1S/C24H25FN2O3/c1-4-30-22(28)13-15(2)27-24(16-5-8-18(25)9-6-16)21-11-7-17-14-19(29-3)10-12-20(17)23(21)26-27/h5-6,8-10,12-14,21,24H,4,7,11H2,1-3H3/b15-13+/t21-,24+/m0/s1. The van der Waals surface area contributed by atoms with Crippen molar-refractivity contribution in [3.05, 3.63) is 76.7 Å². The Labute approximate surface area is 175 Å². The van der Waals surface area contributed by atoms with Crippen molar-refractivity contribution in [2.24, 2.45) is 11.0 Å². The van der Waals surface area contributed by atoms with Crippen LogP contribution in [0.3, 0.4) is 0 Å². The fraction of sp³-hybridized carbons (Fsp3) is 0.333. The van der Waals surface area contributed by atoms with Gasteiger partial charge in [0.05, 0.1) is 25.5 Å². The third-order valence-electron chi connectivity index (χ3n) is 5.71. The summed E-state index contributed by atoms with van der Waals surface area (Å²) in [6, 6.07) is 12.5. The summed E-state index contributed by atoms with van der Waals surface area (Å²) < 4.78 is 24.0. The van der Waals surface area contributed by atoms with Crippen molar-refractivity contribution in [3.8, 4) is 5.75 Å². The number of aryl methyl sites for hydroxylation is 1. The number of nitrogens with zero attached hydrogens (tertiary/aromatic N) is 2. The average molecular weight is 408 g/mol. The smallest absolute Gasteiger partial charge is 0.332 e. The Hall–Kier alpha value is -3.15. The van der Waals surface area contributed by atoms with E-state index in [-0.39, 0.29) is 17.8 Å². The zero-order chi connectivity index (χ0) is 21.3. The molecule has 4 rings (SSSR count). The molecule has 30 heavy (non-hydrogen) atoms. The van der Waals surface area contributed by atoms with Crippen LogP contribution >= 0.6 is 0 Å². The van der Waals surface area contributed by atoms with Crippen molar-refractivity contribution in [1.82, 2.24) is 5.01 Å². The van der Waals surface area contributed by atoms with Crippen molar-refractivity contribution < 1.29 is 18.7 Å². The van der Waals surface area contributed by atoms with Gasteiger partial charge in [-0.1, -0.05) is 12.1 Å². The number of esters is 1. The van der Waals surface area contributed by atoms with Gasteiger partial charge >= 0.3 is 5.97 Å². The first-order valence-corrected chi connectivity index (χ1v) is 10.2. The monoisotopic (exact) mass is 408 g/mol. The lowest BCUT2D eigenvalue weighted by molar-refractivity contribution is -0.137. The number of hydrogen-bond donors (Lipinski definition) is 0. The SMILES string of the molecule is CCOC(=O)/C=C(\C)N1N=C2c3ccc(OC)cc3CC[C@@H]2[C@H]1c1ccc(F)cc1. The summed E-state index contributed by atoms with van der Waals surface area (Å²) in [5, 5.41) is 6.82. The van der Waals surface area contributed by atoms with E-state index < -0.39 is 5.97 Å². The molecule has 2 aromatic rings. The van der Waals surface area contributed by atoms with Gasteiger partial charge in [-0.2, -0.15) is 5.10 Å².